The third-order valence-electron chi connectivity index (χ3n) is 4.34. The van der Waals surface area contributed by atoms with E-state index in [1.54, 1.807) is 12.1 Å². The second kappa shape index (κ2) is 8.16. The monoisotopic (exact) mass is 346 g/mol. The summed E-state index contributed by atoms with van der Waals surface area (Å²) in [6, 6.07) is 6.61. The van der Waals surface area contributed by atoms with Crippen LogP contribution < -0.4 is 15.4 Å². The second-order valence-electron chi connectivity index (χ2n) is 6.22. The molecule has 2 N–H and O–H groups in total. The Labute approximate surface area is 146 Å². The van der Waals surface area contributed by atoms with E-state index in [9.17, 15) is 9.18 Å². The molecule has 25 heavy (non-hydrogen) atoms. The van der Waals surface area contributed by atoms with Crippen LogP contribution in [0.1, 0.15) is 47.0 Å². The Bertz CT molecular complexity index is 729. The Morgan fingerprint density at radius 2 is 2.20 bits per heavy atom. The number of amides is 1. The minimum atomic E-state index is -0.282. The molecular weight excluding hydrogens is 323 g/mol. The molecule has 0 spiro atoms. The first-order valence-electron chi connectivity index (χ1n) is 8.63. The molecule has 0 fully saturated rings. The van der Waals surface area contributed by atoms with Crippen molar-refractivity contribution in [3.63, 3.8) is 0 Å². The van der Waals surface area contributed by atoms with Crippen molar-refractivity contribution in [3.05, 3.63) is 53.2 Å². The van der Waals surface area contributed by atoms with Crippen LogP contribution in [0.15, 0.2) is 34.9 Å². The van der Waals surface area contributed by atoms with Gasteiger partial charge in [-0.15, -0.1) is 0 Å². The molecule has 0 radical (unpaired) electrons. The van der Waals surface area contributed by atoms with Crippen LogP contribution in [0, 0.1) is 12.7 Å². The van der Waals surface area contributed by atoms with Crippen LogP contribution in [0.4, 0.5) is 4.39 Å². The van der Waals surface area contributed by atoms with Gasteiger partial charge in [0.1, 0.15) is 11.6 Å². The predicted octanol–water partition coefficient (Wildman–Crippen LogP) is 3.35. The highest BCUT2D eigenvalue weighted by Crippen LogP contribution is 2.31. The van der Waals surface area contributed by atoms with Crippen LogP contribution in [0.2, 0.25) is 0 Å². The first-order chi connectivity index (χ1) is 12.1. The van der Waals surface area contributed by atoms with E-state index in [0.29, 0.717) is 24.7 Å². The smallest absolute Gasteiger partial charge is 0.287 e. The average molecular weight is 346 g/mol. The van der Waals surface area contributed by atoms with Gasteiger partial charge in [0.25, 0.3) is 5.91 Å². The van der Waals surface area contributed by atoms with Gasteiger partial charge in [-0.2, -0.15) is 0 Å². The van der Waals surface area contributed by atoms with Crippen molar-refractivity contribution in [2.24, 2.45) is 0 Å². The number of aryl methyl sites for hydroxylation is 1. The molecule has 2 heterocycles. The molecule has 0 aliphatic carbocycles. The number of furan rings is 1. The number of nitrogens with one attached hydrogen (secondary N) is 2. The minimum absolute atomic E-state index is 0.140. The van der Waals surface area contributed by atoms with Crippen LogP contribution in [-0.2, 0) is 0 Å². The van der Waals surface area contributed by atoms with E-state index in [0.717, 1.165) is 36.9 Å². The number of hydrogen-bond donors (Lipinski definition) is 2. The molecule has 1 aromatic carbocycles. The fourth-order valence-electron chi connectivity index (χ4n) is 3.01. The topological polar surface area (TPSA) is 63.5 Å². The van der Waals surface area contributed by atoms with Crippen molar-refractivity contribution < 1.29 is 18.3 Å². The number of rotatable bonds is 6. The summed E-state index contributed by atoms with van der Waals surface area (Å²) >= 11 is 0. The summed E-state index contributed by atoms with van der Waals surface area (Å²) in [5, 5.41) is 6.34. The highest BCUT2D eigenvalue weighted by molar-refractivity contribution is 5.92. The maximum Gasteiger partial charge on any atom is 0.287 e. The summed E-state index contributed by atoms with van der Waals surface area (Å²) in [6.45, 7) is 3.76. The van der Waals surface area contributed by atoms with Crippen LogP contribution >= 0.6 is 0 Å². The lowest BCUT2D eigenvalue weighted by Gasteiger charge is -2.18. The van der Waals surface area contributed by atoms with E-state index in [-0.39, 0.29) is 17.8 Å². The predicted molar refractivity (Wildman–Crippen MR) is 92.3 cm³/mol. The lowest BCUT2D eigenvalue weighted by atomic mass is 10.0. The maximum absolute atomic E-state index is 13.4. The van der Waals surface area contributed by atoms with Gasteiger partial charge < -0.3 is 19.8 Å². The number of fused-ring (bicyclic) bond motifs is 1. The number of carbonyl (C=O) groups is 1. The van der Waals surface area contributed by atoms with E-state index in [4.69, 9.17) is 9.15 Å². The van der Waals surface area contributed by atoms with Crippen molar-refractivity contribution >= 4 is 5.91 Å². The summed E-state index contributed by atoms with van der Waals surface area (Å²) in [5.74, 6) is 0.517. The zero-order chi connectivity index (χ0) is 17.6. The summed E-state index contributed by atoms with van der Waals surface area (Å²) < 4.78 is 24.2. The zero-order valence-corrected chi connectivity index (χ0v) is 14.3. The zero-order valence-electron chi connectivity index (χ0n) is 14.3. The molecule has 134 valence electrons. The highest BCUT2D eigenvalue weighted by Gasteiger charge is 2.19. The van der Waals surface area contributed by atoms with Gasteiger partial charge in [0.05, 0.1) is 12.9 Å². The molecule has 6 heteroatoms. The molecule has 1 atom stereocenters. The Kier molecular flexibility index (Phi) is 5.71. The Morgan fingerprint density at radius 3 is 3.00 bits per heavy atom. The lowest BCUT2D eigenvalue weighted by molar-refractivity contribution is 0.0924. The molecule has 5 nitrogen and oxygen atoms in total. The third-order valence-corrected chi connectivity index (χ3v) is 4.34. The number of hydrogen-bond acceptors (Lipinski definition) is 4. The standard InChI is InChI=1S/C19H23FN2O3/c1-13-7-11-25-18(13)19(23)22-9-3-8-21-16-4-2-10-24-17-12-14(20)5-6-15(16)17/h5-7,11-12,16,21H,2-4,8-10H2,1H3,(H,22,23)/t16-/m1/s1. The normalized spacial score (nSPS) is 16.6. The fourth-order valence-corrected chi connectivity index (χ4v) is 3.01. The molecule has 3 rings (SSSR count). The first-order valence-corrected chi connectivity index (χ1v) is 8.63. The molecule has 1 aliphatic heterocycles. The SMILES string of the molecule is Cc1ccoc1C(=O)NCCCN[C@@H]1CCCOc2cc(F)ccc21. The van der Waals surface area contributed by atoms with Crippen LogP contribution in [0.5, 0.6) is 5.75 Å². The van der Waals surface area contributed by atoms with Crippen molar-refractivity contribution in [2.75, 3.05) is 19.7 Å². The summed E-state index contributed by atoms with van der Waals surface area (Å²) in [6.07, 6.45) is 4.17. The highest BCUT2D eigenvalue weighted by atomic mass is 19.1. The fraction of sp³-hybridized carbons (Fsp3) is 0.421. The Balaban J connectivity index is 1.46. The van der Waals surface area contributed by atoms with Crippen molar-refractivity contribution in [1.82, 2.24) is 10.6 Å². The molecule has 1 aromatic heterocycles. The van der Waals surface area contributed by atoms with Crippen molar-refractivity contribution in [3.8, 4) is 5.75 Å². The van der Waals surface area contributed by atoms with E-state index < -0.39 is 0 Å². The van der Waals surface area contributed by atoms with Crippen LogP contribution in [-0.4, -0.2) is 25.6 Å². The molecule has 0 bridgehead atoms. The largest absolute Gasteiger partial charge is 0.493 e. The van der Waals surface area contributed by atoms with E-state index in [1.807, 2.05) is 6.92 Å². The Morgan fingerprint density at radius 1 is 1.32 bits per heavy atom. The summed E-state index contributed by atoms with van der Waals surface area (Å²) in [4.78, 5) is 12.0. The molecule has 1 aliphatic rings. The summed E-state index contributed by atoms with van der Waals surface area (Å²) in [7, 11) is 0. The molecule has 1 amide bonds. The number of benzene rings is 1. The summed E-state index contributed by atoms with van der Waals surface area (Å²) in [5.41, 5.74) is 1.83. The lowest BCUT2D eigenvalue weighted by Crippen LogP contribution is -2.29. The molecular formula is C19H23FN2O3. The van der Waals surface area contributed by atoms with Gasteiger partial charge in [-0.1, -0.05) is 6.07 Å². The van der Waals surface area contributed by atoms with Crippen molar-refractivity contribution in [2.45, 2.75) is 32.2 Å². The van der Waals surface area contributed by atoms with Gasteiger partial charge in [-0.3, -0.25) is 4.79 Å². The Hall–Kier alpha value is -2.34. The van der Waals surface area contributed by atoms with E-state index in [2.05, 4.69) is 10.6 Å². The van der Waals surface area contributed by atoms with E-state index in [1.165, 1.54) is 18.4 Å². The van der Waals surface area contributed by atoms with Crippen molar-refractivity contribution in [1.29, 1.82) is 0 Å². The van der Waals surface area contributed by atoms with Gasteiger partial charge in [0.15, 0.2) is 5.76 Å². The molecule has 2 aromatic rings. The second-order valence-corrected chi connectivity index (χ2v) is 6.22. The molecule has 0 saturated carbocycles. The molecule has 0 saturated heterocycles. The number of ether oxygens (including phenoxy) is 1. The number of carbonyl (C=O) groups excluding carboxylic acids is 1. The van der Waals surface area contributed by atoms with Gasteiger partial charge in [0.2, 0.25) is 0 Å². The van der Waals surface area contributed by atoms with Gasteiger partial charge in [-0.05, 0) is 44.9 Å². The quantitative estimate of drug-likeness (QED) is 0.788. The van der Waals surface area contributed by atoms with Crippen LogP contribution in [0.3, 0.4) is 0 Å². The average Bonchev–Trinajstić information content (AvgIpc) is 2.92. The third kappa shape index (κ3) is 4.39. The first kappa shape index (κ1) is 17.5. The maximum atomic E-state index is 13.4. The van der Waals surface area contributed by atoms with E-state index >= 15 is 0 Å². The number of halogens is 1. The van der Waals surface area contributed by atoms with Gasteiger partial charge in [-0.25, -0.2) is 4.39 Å². The van der Waals surface area contributed by atoms with Gasteiger partial charge in [0, 0.05) is 29.8 Å². The van der Waals surface area contributed by atoms with Crippen LogP contribution in [0.25, 0.3) is 0 Å². The minimum Gasteiger partial charge on any atom is -0.493 e. The van der Waals surface area contributed by atoms with Gasteiger partial charge >= 0.3 is 0 Å². The molecule has 0 unspecified atom stereocenters.